The normalized spacial score (nSPS) is 15.0. The van der Waals surface area contributed by atoms with E-state index >= 15 is 0 Å². The molecule has 1 N–H and O–H groups in total. The second-order valence-corrected chi connectivity index (χ2v) is 6.81. The standard InChI is InChI=1S/C16H20N4O2S/c1-10-9-23-15(18-10)13-7-17-11(2)20(16(13)22)8-14(21)19-12-5-3-4-6-12/h7,9,12H,3-6,8H2,1-2H3,(H,19,21). The molecular weight excluding hydrogens is 312 g/mol. The van der Waals surface area contributed by atoms with Gasteiger partial charge in [0.1, 0.15) is 17.4 Å². The van der Waals surface area contributed by atoms with Crippen LogP contribution in [0.3, 0.4) is 0 Å². The summed E-state index contributed by atoms with van der Waals surface area (Å²) in [6.45, 7) is 3.63. The number of aryl methyl sites for hydroxylation is 2. The van der Waals surface area contributed by atoms with Gasteiger partial charge in [-0.25, -0.2) is 9.97 Å². The summed E-state index contributed by atoms with van der Waals surface area (Å²) in [5, 5.41) is 5.54. The van der Waals surface area contributed by atoms with Gasteiger partial charge in [0.15, 0.2) is 0 Å². The van der Waals surface area contributed by atoms with E-state index in [1.54, 1.807) is 13.1 Å². The number of carbonyl (C=O) groups excluding carboxylic acids is 1. The summed E-state index contributed by atoms with van der Waals surface area (Å²) < 4.78 is 1.43. The number of aromatic nitrogens is 3. The molecule has 3 rings (SSSR count). The molecule has 0 unspecified atom stereocenters. The minimum atomic E-state index is -0.214. The van der Waals surface area contributed by atoms with Crippen molar-refractivity contribution in [1.29, 1.82) is 0 Å². The summed E-state index contributed by atoms with van der Waals surface area (Å²) in [7, 11) is 0. The molecule has 0 radical (unpaired) electrons. The van der Waals surface area contributed by atoms with Gasteiger partial charge in [-0.2, -0.15) is 0 Å². The van der Waals surface area contributed by atoms with Crippen LogP contribution in [0.25, 0.3) is 10.6 Å². The number of nitrogens with zero attached hydrogens (tertiary/aromatic N) is 3. The van der Waals surface area contributed by atoms with Gasteiger partial charge in [0, 0.05) is 23.3 Å². The molecule has 1 aliphatic carbocycles. The van der Waals surface area contributed by atoms with Crippen LogP contribution in [0.5, 0.6) is 0 Å². The third kappa shape index (κ3) is 3.50. The van der Waals surface area contributed by atoms with Crippen molar-refractivity contribution in [2.75, 3.05) is 0 Å². The van der Waals surface area contributed by atoms with Crippen molar-refractivity contribution >= 4 is 17.2 Å². The van der Waals surface area contributed by atoms with Crippen LogP contribution < -0.4 is 10.9 Å². The zero-order chi connectivity index (χ0) is 16.4. The molecule has 0 spiro atoms. The van der Waals surface area contributed by atoms with Crippen molar-refractivity contribution in [2.24, 2.45) is 0 Å². The van der Waals surface area contributed by atoms with E-state index in [-0.39, 0.29) is 24.1 Å². The SMILES string of the molecule is Cc1csc(-c2cnc(C)n(CC(=O)NC3CCCC3)c2=O)n1. The first-order valence-corrected chi connectivity index (χ1v) is 8.71. The Kier molecular flexibility index (Phi) is 4.56. The van der Waals surface area contributed by atoms with Crippen LogP contribution in [0.1, 0.15) is 37.2 Å². The van der Waals surface area contributed by atoms with E-state index in [9.17, 15) is 9.59 Å². The monoisotopic (exact) mass is 332 g/mol. The fourth-order valence-corrected chi connectivity index (χ4v) is 3.67. The number of hydrogen-bond acceptors (Lipinski definition) is 5. The fraction of sp³-hybridized carbons (Fsp3) is 0.500. The van der Waals surface area contributed by atoms with E-state index in [0.717, 1.165) is 31.4 Å². The molecular formula is C16H20N4O2S. The number of rotatable bonds is 4. The van der Waals surface area contributed by atoms with Crippen LogP contribution in [0.4, 0.5) is 0 Å². The Morgan fingerprint density at radius 1 is 1.39 bits per heavy atom. The maximum atomic E-state index is 12.7. The average Bonchev–Trinajstić information content (AvgIpc) is 3.15. The molecule has 0 aliphatic heterocycles. The third-order valence-corrected chi connectivity index (χ3v) is 5.11. The highest BCUT2D eigenvalue weighted by Crippen LogP contribution is 2.20. The summed E-state index contributed by atoms with van der Waals surface area (Å²) in [5.74, 6) is 0.407. The third-order valence-electron chi connectivity index (χ3n) is 4.12. The second kappa shape index (κ2) is 6.62. The van der Waals surface area contributed by atoms with Gasteiger partial charge in [0.2, 0.25) is 5.91 Å². The smallest absolute Gasteiger partial charge is 0.264 e. The van der Waals surface area contributed by atoms with Crippen molar-refractivity contribution in [1.82, 2.24) is 19.9 Å². The van der Waals surface area contributed by atoms with Gasteiger partial charge in [-0.1, -0.05) is 12.8 Å². The molecule has 122 valence electrons. The largest absolute Gasteiger partial charge is 0.352 e. The molecule has 6 nitrogen and oxygen atoms in total. The van der Waals surface area contributed by atoms with Gasteiger partial charge >= 0.3 is 0 Å². The molecule has 0 aromatic carbocycles. The number of carbonyl (C=O) groups is 1. The maximum Gasteiger partial charge on any atom is 0.264 e. The van der Waals surface area contributed by atoms with E-state index in [4.69, 9.17) is 0 Å². The summed E-state index contributed by atoms with van der Waals surface area (Å²) in [5.41, 5.74) is 1.10. The van der Waals surface area contributed by atoms with Crippen LogP contribution in [0, 0.1) is 13.8 Å². The van der Waals surface area contributed by atoms with Crippen molar-refractivity contribution in [3.8, 4) is 10.6 Å². The minimum Gasteiger partial charge on any atom is -0.352 e. The fourth-order valence-electron chi connectivity index (χ4n) is 2.87. The maximum absolute atomic E-state index is 12.7. The lowest BCUT2D eigenvalue weighted by Crippen LogP contribution is -2.38. The van der Waals surface area contributed by atoms with Crippen LogP contribution in [0.15, 0.2) is 16.4 Å². The number of thiazole rings is 1. The second-order valence-electron chi connectivity index (χ2n) is 5.95. The zero-order valence-corrected chi connectivity index (χ0v) is 14.2. The van der Waals surface area contributed by atoms with Crippen LogP contribution in [-0.2, 0) is 11.3 Å². The lowest BCUT2D eigenvalue weighted by molar-refractivity contribution is -0.122. The summed E-state index contributed by atoms with van der Waals surface area (Å²) in [4.78, 5) is 33.5. The van der Waals surface area contributed by atoms with E-state index < -0.39 is 0 Å². The highest BCUT2D eigenvalue weighted by molar-refractivity contribution is 7.13. The van der Waals surface area contributed by atoms with Gasteiger partial charge in [-0.15, -0.1) is 11.3 Å². The van der Waals surface area contributed by atoms with Gasteiger partial charge < -0.3 is 5.32 Å². The molecule has 0 saturated heterocycles. The molecule has 1 aliphatic rings. The van der Waals surface area contributed by atoms with E-state index in [1.807, 2.05) is 12.3 Å². The van der Waals surface area contributed by atoms with Crippen LogP contribution in [-0.4, -0.2) is 26.5 Å². The predicted octanol–water partition coefficient (Wildman–Crippen LogP) is 2.04. The van der Waals surface area contributed by atoms with Gasteiger partial charge in [0.05, 0.1) is 5.56 Å². The van der Waals surface area contributed by atoms with E-state index in [0.29, 0.717) is 16.4 Å². The Balaban J connectivity index is 1.83. The number of hydrogen-bond donors (Lipinski definition) is 1. The molecule has 1 fully saturated rings. The molecule has 0 bridgehead atoms. The molecule has 7 heteroatoms. The number of nitrogens with one attached hydrogen (secondary N) is 1. The average molecular weight is 332 g/mol. The Morgan fingerprint density at radius 2 is 2.13 bits per heavy atom. The van der Waals surface area contributed by atoms with Gasteiger partial charge in [0.25, 0.3) is 5.56 Å². The summed E-state index contributed by atoms with van der Waals surface area (Å²) >= 11 is 1.41. The van der Waals surface area contributed by atoms with E-state index in [1.165, 1.54) is 15.9 Å². The van der Waals surface area contributed by atoms with Crippen molar-refractivity contribution < 1.29 is 4.79 Å². The van der Waals surface area contributed by atoms with Gasteiger partial charge in [-0.3, -0.25) is 14.2 Å². The van der Waals surface area contributed by atoms with Crippen molar-refractivity contribution in [3.63, 3.8) is 0 Å². The zero-order valence-electron chi connectivity index (χ0n) is 13.3. The van der Waals surface area contributed by atoms with Crippen molar-refractivity contribution in [3.05, 3.63) is 33.4 Å². The number of amides is 1. The first kappa shape index (κ1) is 15.9. The Bertz CT molecular complexity index is 775. The van der Waals surface area contributed by atoms with Crippen molar-refractivity contribution in [2.45, 2.75) is 52.1 Å². The van der Waals surface area contributed by atoms with Crippen LogP contribution >= 0.6 is 11.3 Å². The minimum absolute atomic E-state index is 0.00631. The summed E-state index contributed by atoms with van der Waals surface area (Å²) in [6, 6.07) is 0.247. The molecule has 1 saturated carbocycles. The molecule has 1 amide bonds. The molecule has 2 aromatic heterocycles. The lowest BCUT2D eigenvalue weighted by atomic mass is 10.2. The molecule has 23 heavy (non-hydrogen) atoms. The van der Waals surface area contributed by atoms with E-state index in [2.05, 4.69) is 15.3 Å². The first-order valence-electron chi connectivity index (χ1n) is 7.83. The highest BCUT2D eigenvalue weighted by Gasteiger charge is 2.19. The quantitative estimate of drug-likeness (QED) is 0.929. The lowest BCUT2D eigenvalue weighted by Gasteiger charge is -2.14. The summed E-state index contributed by atoms with van der Waals surface area (Å²) in [6.07, 6.45) is 5.91. The van der Waals surface area contributed by atoms with Crippen LogP contribution in [0.2, 0.25) is 0 Å². The predicted molar refractivity (Wildman–Crippen MR) is 89.5 cm³/mol. The Morgan fingerprint density at radius 3 is 2.78 bits per heavy atom. The first-order chi connectivity index (χ1) is 11.0. The Hall–Kier alpha value is -2.02. The Labute approximate surface area is 138 Å². The van der Waals surface area contributed by atoms with Gasteiger partial charge in [-0.05, 0) is 26.7 Å². The highest BCUT2D eigenvalue weighted by atomic mass is 32.1. The molecule has 2 aromatic rings. The topological polar surface area (TPSA) is 76.9 Å². The molecule has 0 atom stereocenters. The molecule has 2 heterocycles.